The van der Waals surface area contributed by atoms with Crippen LogP contribution in [0.4, 0.5) is 34.6 Å². The number of para-hydroxylation sites is 2. The third-order valence-electron chi connectivity index (χ3n) is 15.2. The van der Waals surface area contributed by atoms with E-state index in [9.17, 15) is 50.7 Å². The number of carbonyl (C=O) groups is 2. The number of phenolic OH excluding ortho intramolecular Hbond substituents is 2. The summed E-state index contributed by atoms with van der Waals surface area (Å²) < 4.78 is 6.10. The number of rotatable bonds is 7. The quantitative estimate of drug-likeness (QED) is 0.0205. The fraction of sp³-hybridized carbons (Fsp3) is 0.361. The van der Waals surface area contributed by atoms with Crippen LogP contribution in [0.1, 0.15) is 20.7 Å². The molecule has 7 aromatic rings. The van der Waals surface area contributed by atoms with Crippen LogP contribution >= 0.6 is 15.9 Å². The van der Waals surface area contributed by atoms with Crippen molar-refractivity contribution in [2.24, 2.45) is 0 Å². The summed E-state index contributed by atoms with van der Waals surface area (Å²) in [4.78, 5) is 51.4. The number of aromatic hydroxyl groups is 2. The number of piperazine rings is 5. The fourth-order valence-electron chi connectivity index (χ4n) is 10.0. The van der Waals surface area contributed by atoms with E-state index in [1.165, 1.54) is 45.8 Å². The number of hydrogen-bond donors (Lipinski definition) is 10. The maximum absolute atomic E-state index is 12.6. The average molecular weight is 1310 g/mol. The topological polar surface area (TPSA) is 314 Å². The van der Waals surface area contributed by atoms with Gasteiger partial charge in [0.2, 0.25) is 11.9 Å². The molecule has 480 valence electrons. The van der Waals surface area contributed by atoms with Crippen molar-refractivity contribution in [2.75, 3.05) is 170 Å². The molecule has 5 aromatic heterocycles. The van der Waals surface area contributed by atoms with Gasteiger partial charge in [-0.3, -0.25) is 49.4 Å². The zero-order chi connectivity index (χ0) is 64.5. The van der Waals surface area contributed by atoms with E-state index < -0.39 is 22.3 Å². The van der Waals surface area contributed by atoms with Gasteiger partial charge in [0.05, 0.1) is 74.1 Å². The molecule has 5 saturated heterocycles. The van der Waals surface area contributed by atoms with Gasteiger partial charge in [0.15, 0.2) is 5.75 Å². The number of nitro groups is 1. The van der Waals surface area contributed by atoms with Gasteiger partial charge in [-0.2, -0.15) is 0 Å². The summed E-state index contributed by atoms with van der Waals surface area (Å²) in [6.45, 7) is 16.6. The van der Waals surface area contributed by atoms with Crippen LogP contribution in [0, 0.1) is 10.1 Å². The number of hydrogen-bond acceptors (Lipinski definition) is 20. The van der Waals surface area contributed by atoms with Crippen LogP contribution in [0.5, 0.6) is 11.5 Å². The van der Waals surface area contributed by atoms with Crippen molar-refractivity contribution in [3.05, 3.63) is 184 Å². The van der Waals surface area contributed by atoms with E-state index in [1.807, 2.05) is 64.4 Å². The van der Waals surface area contributed by atoms with Crippen molar-refractivity contribution in [3.8, 4) is 11.5 Å². The minimum atomic E-state index is -0.723. The summed E-state index contributed by atoms with van der Waals surface area (Å²) >= 11 is 3.11. The summed E-state index contributed by atoms with van der Waals surface area (Å²) in [5, 5.41) is 84.9. The Hall–Kier alpha value is -9.55. The first kappa shape index (κ1) is 67.9. The third-order valence-corrected chi connectivity index (χ3v) is 15.8. The molecule has 5 aliphatic rings. The number of halogens is 1. The first-order chi connectivity index (χ1) is 43.4. The highest BCUT2D eigenvalue weighted by Crippen LogP contribution is 2.31. The molecule has 0 saturated carbocycles. The number of amides is 2. The number of pyridine rings is 5. The largest absolute Gasteiger partial charge is 0.505 e. The van der Waals surface area contributed by atoms with Crippen molar-refractivity contribution >= 4 is 62.4 Å². The highest BCUT2D eigenvalue weighted by atomic mass is 79.9. The number of nitro benzene ring substituents is 1. The number of phenols is 2. The number of nitrogens with one attached hydrogen (secondary N) is 2. The Labute approximate surface area is 530 Å². The van der Waals surface area contributed by atoms with E-state index in [0.717, 1.165) is 97.3 Å². The molecule has 12 rings (SSSR count). The molecular formula is C61H83BrN17O11+5. The SMILES string of the molecule is CN1CCN(c2cccc[n+]2O)CC1.CN1CCNCC1.Nc1cccc(C(=O)N2CCN(c3cccc[n+]3O)CC2)c1O.O=C(c1cccc([N+](=O)[O-])c1O)N1CCN(c2cccc[n+]2O)CC1.O[n+]1ccccc1Br.O[n+]1ccccc1N1CCNCC1. The summed E-state index contributed by atoms with van der Waals surface area (Å²) in [7, 11) is 4.27. The molecule has 2 amide bonds. The maximum atomic E-state index is 12.6. The minimum absolute atomic E-state index is 0.0837. The Balaban J connectivity index is 0.000000162. The predicted octanol–water partition coefficient (Wildman–Crippen LogP) is 1.33. The van der Waals surface area contributed by atoms with Gasteiger partial charge < -0.3 is 62.1 Å². The monoisotopic (exact) mass is 1310 g/mol. The van der Waals surface area contributed by atoms with Crippen molar-refractivity contribution in [3.63, 3.8) is 0 Å². The van der Waals surface area contributed by atoms with Crippen molar-refractivity contribution in [1.29, 1.82) is 0 Å². The molecule has 0 atom stereocenters. The zero-order valence-corrected chi connectivity index (χ0v) is 52.2. The van der Waals surface area contributed by atoms with Gasteiger partial charge in [-0.15, -0.1) is 0 Å². The fourth-order valence-corrected chi connectivity index (χ4v) is 10.3. The summed E-state index contributed by atoms with van der Waals surface area (Å²) in [5.74, 6) is 1.57. The summed E-state index contributed by atoms with van der Waals surface area (Å²) in [6.07, 6.45) is 7.95. The van der Waals surface area contributed by atoms with Crippen LogP contribution in [0.25, 0.3) is 0 Å². The lowest BCUT2D eigenvalue weighted by molar-refractivity contribution is -0.913. The molecule has 11 N–H and O–H groups in total. The van der Waals surface area contributed by atoms with Crippen LogP contribution in [-0.4, -0.2) is 218 Å². The second-order valence-electron chi connectivity index (χ2n) is 21.3. The van der Waals surface area contributed by atoms with Gasteiger partial charge in [-0.1, -0.05) is 55.3 Å². The number of nitrogens with zero attached hydrogens (tertiary/aromatic N) is 14. The smallest absolute Gasteiger partial charge is 0.316 e. The van der Waals surface area contributed by atoms with Crippen LogP contribution in [0.3, 0.4) is 0 Å². The van der Waals surface area contributed by atoms with Crippen LogP contribution in [0.15, 0.2) is 163 Å². The lowest BCUT2D eigenvalue weighted by atomic mass is 10.1. The molecule has 28 nitrogen and oxygen atoms in total. The molecule has 90 heavy (non-hydrogen) atoms. The van der Waals surface area contributed by atoms with E-state index in [1.54, 1.807) is 84.3 Å². The van der Waals surface area contributed by atoms with E-state index in [4.69, 9.17) is 10.9 Å². The Bertz CT molecular complexity index is 3390. The normalized spacial score (nSPS) is 15.9. The predicted molar refractivity (Wildman–Crippen MR) is 335 cm³/mol. The number of benzene rings is 2. The highest BCUT2D eigenvalue weighted by Gasteiger charge is 2.33. The Morgan fingerprint density at radius 2 is 0.778 bits per heavy atom. The van der Waals surface area contributed by atoms with Gasteiger partial charge >= 0.3 is 29.0 Å². The van der Waals surface area contributed by atoms with E-state index >= 15 is 0 Å². The number of nitrogens with two attached hydrogens (primary N) is 1. The Morgan fingerprint density at radius 1 is 0.444 bits per heavy atom. The number of anilines is 5. The molecule has 29 heteroatoms. The van der Waals surface area contributed by atoms with Gasteiger partial charge in [0.1, 0.15) is 51.0 Å². The molecular weight excluding hydrogens is 1230 g/mol. The minimum Gasteiger partial charge on any atom is -0.505 e. The van der Waals surface area contributed by atoms with Crippen LogP contribution in [-0.2, 0) is 0 Å². The molecule has 0 unspecified atom stereocenters. The summed E-state index contributed by atoms with van der Waals surface area (Å²) in [6, 6.07) is 36.1. The molecule has 5 aliphatic heterocycles. The number of aromatic nitrogens is 5. The third kappa shape index (κ3) is 19.5. The number of carbonyl (C=O) groups excluding carboxylic acids is 2. The van der Waals surface area contributed by atoms with E-state index in [-0.39, 0.29) is 28.5 Å². The van der Waals surface area contributed by atoms with E-state index in [2.05, 4.69) is 60.3 Å². The van der Waals surface area contributed by atoms with Gasteiger partial charge in [-0.05, 0) is 62.6 Å². The standard InChI is InChI=1S/C16H16N4O5.C16H18N4O3.C10H16N3O.C9H14N3O.C5H5BrNO.C5H12N2/c21-15-12(4-3-5-13(15)20(24)25)16(22)18-10-8-17(9-11-18)14-6-1-2-7-19(14)23;17-13-5-3-4-12(15(13)21)16(22)19-10-8-18(9-11-19)14-6-1-2-7-20(14)23;1-11-6-8-12(9-7-11)10-4-2-3-5-13(10)14;13-12-6-2-1-3-9(12)11-7-4-10-5-8-11;6-5-3-1-2-4-7(5)8;1-7-4-2-6-3-5-7/h1-7H,8-11H2,(H-,21,22,23);1-7H,8-11,17H2,(H-,21,22,23);2-5,14H,6-9H2,1H3;1-3,6,10,13H,4-5,7-8H2;1-4,8H;6H,2-5H2,1H3/q;;3*+1;/p+2. The number of nitrogen functional groups attached to an aromatic ring is 1. The molecule has 5 fully saturated rings. The van der Waals surface area contributed by atoms with Crippen LogP contribution in [0.2, 0.25) is 0 Å². The lowest BCUT2D eigenvalue weighted by Crippen LogP contribution is -2.52. The first-order valence-electron chi connectivity index (χ1n) is 29.5. The van der Waals surface area contributed by atoms with Gasteiger partial charge in [0, 0.05) is 115 Å². The molecule has 0 radical (unpaired) electrons. The average Bonchev–Trinajstić information content (AvgIpc) is 3.24. The maximum Gasteiger partial charge on any atom is 0.316 e. The van der Waals surface area contributed by atoms with Crippen molar-refractivity contribution in [2.45, 2.75) is 0 Å². The van der Waals surface area contributed by atoms with E-state index in [0.29, 0.717) is 68.6 Å². The molecule has 10 heterocycles. The highest BCUT2D eigenvalue weighted by molar-refractivity contribution is 9.10. The second-order valence-corrected chi connectivity index (χ2v) is 22.1. The van der Waals surface area contributed by atoms with Gasteiger partial charge in [-0.25, -0.2) is 0 Å². The van der Waals surface area contributed by atoms with Crippen molar-refractivity contribution in [1.82, 2.24) is 30.2 Å². The first-order valence-corrected chi connectivity index (χ1v) is 30.3. The van der Waals surface area contributed by atoms with Gasteiger partial charge in [0.25, 0.3) is 16.4 Å². The number of likely N-dealkylation sites (N-methyl/N-ethyl adjacent to an activating group) is 2. The van der Waals surface area contributed by atoms with Crippen molar-refractivity contribution < 1.29 is 74.4 Å². The second kappa shape index (κ2) is 34.3. The molecule has 2 aromatic carbocycles. The lowest BCUT2D eigenvalue weighted by Gasteiger charge is -2.31. The Kier molecular flexibility index (Phi) is 25.9. The molecule has 0 bridgehead atoms. The zero-order valence-electron chi connectivity index (χ0n) is 50.6. The molecule has 0 spiro atoms. The summed E-state index contributed by atoms with van der Waals surface area (Å²) in [5.41, 5.74) is 5.48. The van der Waals surface area contributed by atoms with Crippen LogP contribution < -0.4 is 59.6 Å². The Morgan fingerprint density at radius 3 is 1.12 bits per heavy atom. The molecule has 0 aliphatic carbocycles.